The molecule has 1 aliphatic heterocycles. The first-order valence-electron chi connectivity index (χ1n) is 6.91. The molecule has 0 spiro atoms. The van der Waals surface area contributed by atoms with Crippen molar-refractivity contribution in [3.05, 3.63) is 28.8 Å². The fourth-order valence-electron chi connectivity index (χ4n) is 2.33. The van der Waals surface area contributed by atoms with E-state index in [1.165, 1.54) is 18.2 Å². The van der Waals surface area contributed by atoms with Crippen molar-refractivity contribution in [1.29, 1.82) is 0 Å². The summed E-state index contributed by atoms with van der Waals surface area (Å²) in [5.41, 5.74) is 0.250. The Balaban J connectivity index is 2.39. The Morgan fingerprint density at radius 1 is 1.48 bits per heavy atom. The smallest absolute Gasteiger partial charge is 0.255 e. The van der Waals surface area contributed by atoms with Crippen molar-refractivity contribution in [2.75, 3.05) is 25.4 Å². The molecule has 1 aromatic carbocycles. The van der Waals surface area contributed by atoms with Crippen LogP contribution in [-0.4, -0.2) is 50.7 Å². The monoisotopic (exact) mass is 330 g/mol. The number of halogens is 1. The summed E-state index contributed by atoms with van der Waals surface area (Å²) in [5, 5.41) is 3.49. The minimum Gasteiger partial charge on any atom is -0.333 e. The molecule has 5 nitrogen and oxygen atoms in total. The fourth-order valence-corrected chi connectivity index (χ4v) is 3.43. The molecule has 1 aromatic rings. The lowest BCUT2D eigenvalue weighted by molar-refractivity contribution is 0.0655. The van der Waals surface area contributed by atoms with Crippen LogP contribution in [0, 0.1) is 0 Å². The van der Waals surface area contributed by atoms with Gasteiger partial charge in [-0.25, -0.2) is 8.42 Å². The maximum atomic E-state index is 12.6. The lowest BCUT2D eigenvalue weighted by Gasteiger charge is -2.34. The molecule has 1 aliphatic rings. The largest absolute Gasteiger partial charge is 0.333 e. The van der Waals surface area contributed by atoms with Gasteiger partial charge in [-0.05, 0) is 25.1 Å². The van der Waals surface area contributed by atoms with Crippen molar-refractivity contribution in [3.63, 3.8) is 0 Å². The van der Waals surface area contributed by atoms with Gasteiger partial charge in [-0.3, -0.25) is 4.79 Å². The zero-order valence-corrected chi connectivity index (χ0v) is 13.7. The predicted molar refractivity (Wildman–Crippen MR) is 82.5 cm³/mol. The molecule has 0 aliphatic carbocycles. The average molecular weight is 331 g/mol. The number of piperazine rings is 1. The highest BCUT2D eigenvalue weighted by molar-refractivity contribution is 7.91. The van der Waals surface area contributed by atoms with Crippen LogP contribution in [-0.2, 0) is 9.84 Å². The second-order valence-corrected chi connectivity index (χ2v) is 7.78. The third-order valence-electron chi connectivity index (χ3n) is 3.67. The van der Waals surface area contributed by atoms with E-state index in [9.17, 15) is 13.2 Å². The molecule has 1 fully saturated rings. The molecule has 0 aromatic heterocycles. The van der Waals surface area contributed by atoms with Gasteiger partial charge in [0.15, 0.2) is 9.84 Å². The summed E-state index contributed by atoms with van der Waals surface area (Å²) >= 11 is 6.09. The van der Waals surface area contributed by atoms with Crippen LogP contribution in [0.25, 0.3) is 0 Å². The number of benzene rings is 1. The van der Waals surface area contributed by atoms with Crippen LogP contribution in [0.4, 0.5) is 0 Å². The number of amides is 1. The first kappa shape index (κ1) is 16.3. The second kappa shape index (κ2) is 6.34. The maximum absolute atomic E-state index is 12.6. The number of nitrogens with one attached hydrogen (secondary N) is 1. The Morgan fingerprint density at radius 2 is 2.19 bits per heavy atom. The number of carbonyl (C=O) groups is 1. The average Bonchev–Trinajstić information content (AvgIpc) is 2.47. The van der Waals surface area contributed by atoms with Gasteiger partial charge in [-0.15, -0.1) is 0 Å². The highest BCUT2D eigenvalue weighted by Gasteiger charge is 2.26. The number of nitrogens with zero attached hydrogens (tertiary/aromatic N) is 1. The summed E-state index contributed by atoms with van der Waals surface area (Å²) in [5.74, 6) is -0.228. The van der Waals surface area contributed by atoms with Crippen LogP contribution in [0.3, 0.4) is 0 Å². The number of hydrogen-bond acceptors (Lipinski definition) is 4. The summed E-state index contributed by atoms with van der Waals surface area (Å²) in [6.45, 7) is 5.55. The Bertz CT molecular complexity index is 646. The SMILES string of the molecule is CCS(=O)(=O)c1ccc(Cl)c(C(=O)N2CCNCC2C)c1. The highest BCUT2D eigenvalue weighted by Crippen LogP contribution is 2.23. The molecular weight excluding hydrogens is 312 g/mol. The molecular formula is C14H19ClN2O3S. The van der Waals surface area contributed by atoms with Crippen molar-refractivity contribution < 1.29 is 13.2 Å². The lowest BCUT2D eigenvalue weighted by Crippen LogP contribution is -2.52. The number of rotatable bonds is 3. The Kier molecular flexibility index (Phi) is 4.91. The van der Waals surface area contributed by atoms with E-state index in [2.05, 4.69) is 5.32 Å². The molecule has 7 heteroatoms. The van der Waals surface area contributed by atoms with E-state index in [-0.39, 0.29) is 33.2 Å². The van der Waals surface area contributed by atoms with Gasteiger partial charge >= 0.3 is 0 Å². The Hall–Kier alpha value is -1.11. The van der Waals surface area contributed by atoms with E-state index in [0.717, 1.165) is 13.1 Å². The molecule has 116 valence electrons. The van der Waals surface area contributed by atoms with Gasteiger partial charge in [0.25, 0.3) is 5.91 Å². The van der Waals surface area contributed by atoms with Crippen molar-refractivity contribution >= 4 is 27.3 Å². The summed E-state index contributed by atoms with van der Waals surface area (Å²) in [6.07, 6.45) is 0. The number of hydrogen-bond donors (Lipinski definition) is 1. The fraction of sp³-hybridized carbons (Fsp3) is 0.500. The Morgan fingerprint density at radius 3 is 2.81 bits per heavy atom. The zero-order valence-electron chi connectivity index (χ0n) is 12.1. The molecule has 1 saturated heterocycles. The van der Waals surface area contributed by atoms with Gasteiger partial charge < -0.3 is 10.2 Å². The summed E-state index contributed by atoms with van der Waals surface area (Å²) in [6, 6.07) is 4.36. The third kappa shape index (κ3) is 3.39. The molecule has 0 saturated carbocycles. The van der Waals surface area contributed by atoms with Crippen LogP contribution in [0.1, 0.15) is 24.2 Å². The van der Waals surface area contributed by atoms with Crippen molar-refractivity contribution in [2.45, 2.75) is 24.8 Å². The molecule has 1 atom stereocenters. The van der Waals surface area contributed by atoms with E-state index in [1.807, 2.05) is 6.92 Å². The van der Waals surface area contributed by atoms with Gasteiger partial charge in [0.2, 0.25) is 0 Å². The van der Waals surface area contributed by atoms with Crippen LogP contribution < -0.4 is 5.32 Å². The van der Waals surface area contributed by atoms with E-state index >= 15 is 0 Å². The first-order chi connectivity index (χ1) is 9.86. The summed E-state index contributed by atoms with van der Waals surface area (Å²) in [7, 11) is -3.36. The molecule has 1 unspecified atom stereocenters. The molecule has 0 bridgehead atoms. The molecule has 2 rings (SSSR count). The quantitative estimate of drug-likeness (QED) is 0.913. The second-order valence-electron chi connectivity index (χ2n) is 5.10. The predicted octanol–water partition coefficient (Wildman–Crippen LogP) is 1.57. The van der Waals surface area contributed by atoms with Gasteiger partial charge in [0.05, 0.1) is 21.2 Å². The normalized spacial score (nSPS) is 19.6. The van der Waals surface area contributed by atoms with Gasteiger partial charge in [0.1, 0.15) is 0 Å². The lowest BCUT2D eigenvalue weighted by atomic mass is 10.1. The molecule has 1 amide bonds. The van der Waals surface area contributed by atoms with Crippen molar-refractivity contribution in [1.82, 2.24) is 10.2 Å². The van der Waals surface area contributed by atoms with E-state index in [4.69, 9.17) is 11.6 Å². The summed E-state index contributed by atoms with van der Waals surface area (Å²) in [4.78, 5) is 14.5. The van der Waals surface area contributed by atoms with Crippen LogP contribution in [0.5, 0.6) is 0 Å². The minimum absolute atomic E-state index is 0.00764. The zero-order chi connectivity index (χ0) is 15.6. The summed E-state index contributed by atoms with van der Waals surface area (Å²) < 4.78 is 23.9. The van der Waals surface area contributed by atoms with Gasteiger partial charge in [0, 0.05) is 25.7 Å². The van der Waals surface area contributed by atoms with Crippen LogP contribution in [0.15, 0.2) is 23.1 Å². The molecule has 21 heavy (non-hydrogen) atoms. The topological polar surface area (TPSA) is 66.5 Å². The van der Waals surface area contributed by atoms with Crippen LogP contribution >= 0.6 is 11.6 Å². The van der Waals surface area contributed by atoms with E-state index in [1.54, 1.807) is 11.8 Å². The van der Waals surface area contributed by atoms with E-state index in [0.29, 0.717) is 6.54 Å². The van der Waals surface area contributed by atoms with E-state index < -0.39 is 9.84 Å². The third-order valence-corrected chi connectivity index (χ3v) is 5.73. The number of sulfone groups is 1. The molecule has 0 radical (unpaired) electrons. The highest BCUT2D eigenvalue weighted by atomic mass is 35.5. The molecule has 1 heterocycles. The minimum atomic E-state index is -3.36. The standard InChI is InChI=1S/C14H19ClN2O3S/c1-3-21(19,20)11-4-5-13(15)12(8-11)14(18)17-7-6-16-9-10(17)2/h4-5,8,10,16H,3,6-7,9H2,1-2H3. The first-order valence-corrected chi connectivity index (χ1v) is 8.94. The van der Waals surface area contributed by atoms with Crippen molar-refractivity contribution in [2.24, 2.45) is 0 Å². The molecule has 1 N–H and O–H groups in total. The van der Waals surface area contributed by atoms with Gasteiger partial charge in [-0.2, -0.15) is 0 Å². The maximum Gasteiger partial charge on any atom is 0.255 e. The Labute approximate surface area is 130 Å². The van der Waals surface area contributed by atoms with Crippen LogP contribution in [0.2, 0.25) is 5.02 Å². The van der Waals surface area contributed by atoms with Crippen molar-refractivity contribution in [3.8, 4) is 0 Å². The number of carbonyl (C=O) groups excluding carboxylic acids is 1. The van der Waals surface area contributed by atoms with Gasteiger partial charge in [-0.1, -0.05) is 18.5 Å².